The number of nitrogens with one attached hydrogen (secondary N) is 4. The molecule has 3 rings (SSSR count). The van der Waals surface area contributed by atoms with E-state index < -0.39 is 0 Å². The van der Waals surface area contributed by atoms with Crippen LogP contribution in [0.4, 0.5) is 5.13 Å². The number of anilines is 1. The van der Waals surface area contributed by atoms with Crippen molar-refractivity contribution >= 4 is 28.3 Å². The molecular weight excluding hydrogens is 380 g/mol. The first-order valence-corrected chi connectivity index (χ1v) is 10.2. The molecule has 1 aliphatic rings. The molecule has 0 bridgehead atoms. The van der Waals surface area contributed by atoms with Crippen molar-refractivity contribution in [1.29, 1.82) is 0 Å². The van der Waals surface area contributed by atoms with Crippen LogP contribution in [-0.4, -0.2) is 46.4 Å². The fourth-order valence-corrected chi connectivity index (χ4v) is 3.91. The van der Waals surface area contributed by atoms with E-state index in [9.17, 15) is 14.4 Å². The van der Waals surface area contributed by atoms with Crippen LogP contribution in [0.3, 0.4) is 0 Å². The van der Waals surface area contributed by atoms with Crippen molar-refractivity contribution in [3.8, 4) is 0 Å². The third-order valence-electron chi connectivity index (χ3n) is 4.80. The third kappa shape index (κ3) is 5.38. The molecule has 1 saturated carbocycles. The van der Waals surface area contributed by atoms with Crippen LogP contribution >= 0.6 is 11.3 Å². The molecule has 0 unspecified atom stereocenters. The van der Waals surface area contributed by atoms with Gasteiger partial charge in [0.2, 0.25) is 5.91 Å². The summed E-state index contributed by atoms with van der Waals surface area (Å²) in [4.78, 5) is 46.6. The normalized spacial score (nSPS) is 19.0. The van der Waals surface area contributed by atoms with E-state index in [1.54, 1.807) is 12.4 Å². The van der Waals surface area contributed by atoms with Crippen LogP contribution < -0.4 is 21.5 Å². The Morgan fingerprint density at radius 1 is 1.29 bits per heavy atom. The molecule has 0 atom stereocenters. The Hall–Kier alpha value is -2.75. The first kappa shape index (κ1) is 20.0. The van der Waals surface area contributed by atoms with Gasteiger partial charge in [0.1, 0.15) is 5.69 Å². The minimum Gasteiger partial charge on any atom is -0.365 e. The van der Waals surface area contributed by atoms with E-state index in [1.807, 2.05) is 0 Å². The van der Waals surface area contributed by atoms with Gasteiger partial charge in [-0.1, -0.05) is 0 Å². The number of rotatable bonds is 7. The highest BCUT2D eigenvalue weighted by molar-refractivity contribution is 7.13. The number of amides is 2. The summed E-state index contributed by atoms with van der Waals surface area (Å²) in [6.45, 7) is 0.448. The highest BCUT2D eigenvalue weighted by atomic mass is 32.1. The maximum absolute atomic E-state index is 12.3. The average Bonchev–Trinajstić information content (AvgIpc) is 3.18. The summed E-state index contributed by atoms with van der Waals surface area (Å²) >= 11 is 1.39. The molecule has 0 aromatic carbocycles. The predicted octanol–water partition coefficient (Wildman–Crippen LogP) is 0.916. The molecule has 0 aliphatic heterocycles. The predicted molar refractivity (Wildman–Crippen MR) is 106 cm³/mol. The van der Waals surface area contributed by atoms with E-state index in [2.05, 4.69) is 30.9 Å². The number of nitrogens with zero attached hydrogens (tertiary/aromatic N) is 2. The lowest BCUT2D eigenvalue weighted by Crippen LogP contribution is -2.41. The number of hydrogen-bond donors (Lipinski definition) is 4. The molecule has 1 aliphatic carbocycles. The van der Waals surface area contributed by atoms with Crippen LogP contribution in [0.2, 0.25) is 0 Å². The summed E-state index contributed by atoms with van der Waals surface area (Å²) in [7, 11) is 1.77. The zero-order valence-electron chi connectivity index (χ0n) is 15.7. The average molecular weight is 404 g/mol. The van der Waals surface area contributed by atoms with Gasteiger partial charge in [-0.2, -0.15) is 0 Å². The Balaban J connectivity index is 1.38. The fraction of sp³-hybridized carbons (Fsp3) is 0.500. The lowest BCUT2D eigenvalue weighted by molar-refractivity contribution is -0.126. The zero-order valence-corrected chi connectivity index (χ0v) is 16.5. The van der Waals surface area contributed by atoms with Crippen molar-refractivity contribution < 1.29 is 9.59 Å². The second-order valence-corrected chi connectivity index (χ2v) is 7.61. The second kappa shape index (κ2) is 9.45. The van der Waals surface area contributed by atoms with Gasteiger partial charge in [0, 0.05) is 49.1 Å². The molecule has 0 radical (unpaired) electrons. The van der Waals surface area contributed by atoms with E-state index in [4.69, 9.17) is 0 Å². The quantitative estimate of drug-likeness (QED) is 0.543. The van der Waals surface area contributed by atoms with Gasteiger partial charge >= 0.3 is 0 Å². The van der Waals surface area contributed by atoms with Gasteiger partial charge in [-0.3, -0.25) is 14.4 Å². The summed E-state index contributed by atoms with van der Waals surface area (Å²) in [6.07, 6.45) is 4.88. The molecule has 150 valence electrons. The first-order valence-electron chi connectivity index (χ1n) is 9.30. The SMILES string of the molecule is CNc1nc(C(=O)NC2CCC(C(=O)NCCc3cc(=O)[nH]cn3)CC2)cs1. The van der Waals surface area contributed by atoms with Crippen molar-refractivity contribution in [2.24, 2.45) is 5.92 Å². The van der Waals surface area contributed by atoms with E-state index >= 15 is 0 Å². The number of carbonyl (C=O) groups is 2. The number of aromatic amines is 1. The molecule has 2 amide bonds. The van der Waals surface area contributed by atoms with E-state index in [0.717, 1.165) is 25.7 Å². The monoisotopic (exact) mass is 404 g/mol. The molecule has 28 heavy (non-hydrogen) atoms. The van der Waals surface area contributed by atoms with Crippen LogP contribution in [0.5, 0.6) is 0 Å². The highest BCUT2D eigenvalue weighted by Crippen LogP contribution is 2.25. The van der Waals surface area contributed by atoms with Crippen LogP contribution in [0.25, 0.3) is 0 Å². The van der Waals surface area contributed by atoms with Crippen LogP contribution in [0.15, 0.2) is 22.6 Å². The van der Waals surface area contributed by atoms with Crippen molar-refractivity contribution in [2.45, 2.75) is 38.1 Å². The van der Waals surface area contributed by atoms with E-state index in [-0.39, 0.29) is 29.3 Å². The van der Waals surface area contributed by atoms with Gasteiger partial charge in [-0.25, -0.2) is 9.97 Å². The molecule has 2 heterocycles. The number of carbonyl (C=O) groups excluding carboxylic acids is 2. The smallest absolute Gasteiger partial charge is 0.271 e. The summed E-state index contributed by atoms with van der Waals surface area (Å²) in [6, 6.07) is 1.50. The number of aromatic nitrogens is 3. The van der Waals surface area contributed by atoms with E-state index in [1.165, 1.54) is 23.7 Å². The molecule has 9 nitrogen and oxygen atoms in total. The minimum atomic E-state index is -0.198. The molecule has 10 heteroatoms. The Morgan fingerprint density at radius 2 is 2.07 bits per heavy atom. The molecule has 4 N–H and O–H groups in total. The third-order valence-corrected chi connectivity index (χ3v) is 5.66. The lowest BCUT2D eigenvalue weighted by atomic mass is 9.85. The topological polar surface area (TPSA) is 129 Å². The molecule has 0 saturated heterocycles. The highest BCUT2D eigenvalue weighted by Gasteiger charge is 2.27. The van der Waals surface area contributed by atoms with Gasteiger partial charge in [0.15, 0.2) is 5.13 Å². The Morgan fingerprint density at radius 3 is 2.75 bits per heavy atom. The van der Waals surface area contributed by atoms with E-state index in [0.29, 0.717) is 29.5 Å². The maximum atomic E-state index is 12.3. The molecule has 2 aromatic heterocycles. The fourth-order valence-electron chi connectivity index (χ4n) is 3.26. The summed E-state index contributed by atoms with van der Waals surface area (Å²) < 4.78 is 0. The lowest BCUT2D eigenvalue weighted by Gasteiger charge is -2.28. The van der Waals surface area contributed by atoms with Crippen molar-refractivity contribution in [3.05, 3.63) is 39.5 Å². The van der Waals surface area contributed by atoms with Crippen molar-refractivity contribution in [2.75, 3.05) is 18.9 Å². The van der Waals surface area contributed by atoms with Crippen LogP contribution in [0, 0.1) is 5.92 Å². The summed E-state index contributed by atoms with van der Waals surface area (Å²) in [5.41, 5.74) is 0.873. The van der Waals surface area contributed by atoms with Crippen molar-refractivity contribution in [3.63, 3.8) is 0 Å². The molecular formula is C18H24N6O3S. The number of hydrogen-bond acceptors (Lipinski definition) is 7. The van der Waals surface area contributed by atoms with Gasteiger partial charge in [0.05, 0.1) is 6.33 Å². The van der Waals surface area contributed by atoms with Crippen LogP contribution in [-0.2, 0) is 11.2 Å². The number of H-pyrrole nitrogens is 1. The standard InChI is InChI=1S/C18H24N6O3S/c1-19-18-24-14(9-28-18)17(27)23-12-4-2-11(3-5-12)16(26)20-7-6-13-8-15(25)22-10-21-13/h8-12H,2-7H2,1H3,(H,19,24)(H,20,26)(H,23,27)(H,21,22,25). The first-order chi connectivity index (χ1) is 13.5. The second-order valence-electron chi connectivity index (χ2n) is 6.75. The Bertz CT molecular complexity index is 872. The van der Waals surface area contributed by atoms with Gasteiger partial charge in [-0.05, 0) is 25.7 Å². The number of thiazole rings is 1. The van der Waals surface area contributed by atoms with Gasteiger partial charge < -0.3 is 20.9 Å². The Labute approximate surface area is 166 Å². The zero-order chi connectivity index (χ0) is 19.9. The van der Waals surface area contributed by atoms with Crippen molar-refractivity contribution in [1.82, 2.24) is 25.6 Å². The van der Waals surface area contributed by atoms with Gasteiger partial charge in [-0.15, -0.1) is 11.3 Å². The summed E-state index contributed by atoms with van der Waals surface area (Å²) in [5.74, 6) is -0.195. The molecule has 0 spiro atoms. The minimum absolute atomic E-state index is 0.0211. The summed E-state index contributed by atoms with van der Waals surface area (Å²) in [5, 5.41) is 11.3. The molecule has 1 fully saturated rings. The van der Waals surface area contributed by atoms with Gasteiger partial charge in [0.25, 0.3) is 11.5 Å². The van der Waals surface area contributed by atoms with Crippen LogP contribution in [0.1, 0.15) is 41.9 Å². The largest absolute Gasteiger partial charge is 0.365 e. The Kier molecular flexibility index (Phi) is 6.75. The maximum Gasteiger partial charge on any atom is 0.271 e. The molecule has 2 aromatic rings.